The number of hydrogen-bond acceptors (Lipinski definition) is 6. The molecule has 0 rings (SSSR count). The standard InChI is InChI=1S/C8H15O8P/c1-5(6(9)14-2)8(16-4,7(10)15-3)17(11,12)13/h5H,1-4H3,(H2,11,12,13). The Hall–Kier alpha value is -0.950. The maximum Gasteiger partial charge on any atom is 0.369 e. The monoisotopic (exact) mass is 270 g/mol. The summed E-state index contributed by atoms with van der Waals surface area (Å²) >= 11 is 0. The van der Waals surface area contributed by atoms with Crippen LogP contribution in [0.2, 0.25) is 0 Å². The fourth-order valence-electron chi connectivity index (χ4n) is 1.41. The summed E-state index contributed by atoms with van der Waals surface area (Å²) in [5.41, 5.74) is 0. The van der Waals surface area contributed by atoms with Gasteiger partial charge in [0, 0.05) is 7.11 Å². The second-order valence-corrected chi connectivity index (χ2v) is 4.93. The van der Waals surface area contributed by atoms with Crippen LogP contribution >= 0.6 is 7.60 Å². The molecule has 0 amide bonds. The van der Waals surface area contributed by atoms with Crippen molar-refractivity contribution in [2.45, 2.75) is 12.3 Å². The van der Waals surface area contributed by atoms with Crippen molar-refractivity contribution in [3.05, 3.63) is 0 Å². The second-order valence-electron chi connectivity index (χ2n) is 3.18. The van der Waals surface area contributed by atoms with Gasteiger partial charge in [-0.1, -0.05) is 0 Å². The fourth-order valence-corrected chi connectivity index (χ4v) is 2.59. The van der Waals surface area contributed by atoms with Gasteiger partial charge < -0.3 is 24.0 Å². The Morgan fingerprint density at radius 3 is 1.88 bits per heavy atom. The minimum Gasteiger partial charge on any atom is -0.469 e. The van der Waals surface area contributed by atoms with Gasteiger partial charge in [-0.05, 0) is 6.92 Å². The quantitative estimate of drug-likeness (QED) is 0.506. The van der Waals surface area contributed by atoms with E-state index in [0.717, 1.165) is 28.3 Å². The maximum atomic E-state index is 11.5. The zero-order valence-corrected chi connectivity index (χ0v) is 10.8. The number of carbonyl (C=O) groups excluding carboxylic acids is 2. The van der Waals surface area contributed by atoms with Crippen molar-refractivity contribution >= 4 is 19.5 Å². The molecule has 8 nitrogen and oxygen atoms in total. The Morgan fingerprint density at radius 1 is 1.18 bits per heavy atom. The molecule has 100 valence electrons. The zero-order chi connectivity index (χ0) is 13.9. The van der Waals surface area contributed by atoms with E-state index >= 15 is 0 Å². The smallest absolute Gasteiger partial charge is 0.369 e. The van der Waals surface area contributed by atoms with E-state index in [1.165, 1.54) is 0 Å². The van der Waals surface area contributed by atoms with Gasteiger partial charge in [0.2, 0.25) is 0 Å². The van der Waals surface area contributed by atoms with Crippen molar-refractivity contribution in [3.63, 3.8) is 0 Å². The van der Waals surface area contributed by atoms with Gasteiger partial charge in [0.25, 0.3) is 5.34 Å². The molecule has 2 unspecified atom stereocenters. The molecule has 0 fully saturated rings. The van der Waals surface area contributed by atoms with Gasteiger partial charge in [-0.2, -0.15) is 0 Å². The molecule has 0 aromatic carbocycles. The predicted molar refractivity (Wildman–Crippen MR) is 55.0 cm³/mol. The minimum atomic E-state index is -5.10. The number of rotatable bonds is 5. The highest BCUT2D eigenvalue weighted by Gasteiger charge is 2.62. The summed E-state index contributed by atoms with van der Waals surface area (Å²) in [4.78, 5) is 41.3. The van der Waals surface area contributed by atoms with Gasteiger partial charge in [0.15, 0.2) is 0 Å². The largest absolute Gasteiger partial charge is 0.469 e. The normalized spacial score (nSPS) is 16.8. The van der Waals surface area contributed by atoms with Gasteiger partial charge in [0.1, 0.15) is 5.92 Å². The summed E-state index contributed by atoms with van der Waals surface area (Å²) < 4.78 is 24.6. The predicted octanol–water partition coefficient (Wildman–Crippen LogP) is -0.511. The van der Waals surface area contributed by atoms with Crippen LogP contribution in [0.5, 0.6) is 0 Å². The van der Waals surface area contributed by atoms with Crippen LogP contribution in [0.4, 0.5) is 0 Å². The summed E-state index contributed by atoms with van der Waals surface area (Å²) in [6.07, 6.45) is 0. The van der Waals surface area contributed by atoms with Crippen LogP contribution in [0.25, 0.3) is 0 Å². The van der Waals surface area contributed by atoms with Crippen molar-refractivity contribution in [3.8, 4) is 0 Å². The van der Waals surface area contributed by atoms with Crippen LogP contribution < -0.4 is 0 Å². The Morgan fingerprint density at radius 2 is 1.65 bits per heavy atom. The van der Waals surface area contributed by atoms with Crippen LogP contribution in [0, 0.1) is 5.92 Å². The van der Waals surface area contributed by atoms with Gasteiger partial charge >= 0.3 is 19.5 Å². The summed E-state index contributed by atoms with van der Waals surface area (Å²) in [5.74, 6) is -3.86. The van der Waals surface area contributed by atoms with Crippen molar-refractivity contribution in [1.29, 1.82) is 0 Å². The first kappa shape index (κ1) is 16.1. The van der Waals surface area contributed by atoms with E-state index in [1.807, 2.05) is 0 Å². The lowest BCUT2D eigenvalue weighted by Crippen LogP contribution is -2.50. The maximum absolute atomic E-state index is 11.5. The van der Waals surface area contributed by atoms with Crippen LogP contribution in [0.3, 0.4) is 0 Å². The molecular formula is C8H15O8P. The SMILES string of the molecule is COC(=O)C(C)C(OC)(C(=O)OC)P(=O)(O)O. The van der Waals surface area contributed by atoms with E-state index in [9.17, 15) is 23.9 Å². The first-order chi connectivity index (χ1) is 7.68. The van der Waals surface area contributed by atoms with E-state index in [1.54, 1.807) is 0 Å². The van der Waals surface area contributed by atoms with Crippen molar-refractivity contribution < 1.29 is 38.2 Å². The second kappa shape index (κ2) is 5.59. The molecule has 0 bridgehead atoms. The molecule has 0 aliphatic carbocycles. The lowest BCUT2D eigenvalue weighted by Gasteiger charge is -2.33. The molecule has 9 heteroatoms. The highest BCUT2D eigenvalue weighted by Crippen LogP contribution is 2.55. The molecular weight excluding hydrogens is 255 g/mol. The number of carbonyl (C=O) groups is 2. The molecule has 0 aliphatic heterocycles. The Labute approximate surface area is 98.0 Å². The van der Waals surface area contributed by atoms with Gasteiger partial charge in [-0.25, -0.2) is 4.79 Å². The summed E-state index contributed by atoms with van der Waals surface area (Å²) in [6.45, 7) is 1.10. The van der Waals surface area contributed by atoms with Crippen LogP contribution in [-0.4, -0.2) is 48.4 Å². The van der Waals surface area contributed by atoms with E-state index in [4.69, 9.17) is 0 Å². The first-order valence-electron chi connectivity index (χ1n) is 4.46. The van der Waals surface area contributed by atoms with Crippen molar-refractivity contribution in [2.75, 3.05) is 21.3 Å². The molecule has 0 aromatic rings. The number of hydrogen-bond donors (Lipinski definition) is 2. The van der Waals surface area contributed by atoms with Crippen LogP contribution in [0.1, 0.15) is 6.92 Å². The minimum absolute atomic E-state index is 0.898. The summed E-state index contributed by atoms with van der Waals surface area (Å²) in [6, 6.07) is 0. The average molecular weight is 270 g/mol. The lowest BCUT2D eigenvalue weighted by atomic mass is 10.0. The third-order valence-electron chi connectivity index (χ3n) is 2.36. The number of esters is 2. The van der Waals surface area contributed by atoms with E-state index < -0.39 is 30.8 Å². The molecule has 2 atom stereocenters. The molecule has 0 spiro atoms. The van der Waals surface area contributed by atoms with E-state index in [-0.39, 0.29) is 0 Å². The van der Waals surface area contributed by atoms with Gasteiger partial charge in [-0.3, -0.25) is 9.36 Å². The molecule has 0 saturated carbocycles. The topological polar surface area (TPSA) is 119 Å². The Kier molecular flexibility index (Phi) is 5.28. The zero-order valence-electron chi connectivity index (χ0n) is 9.87. The molecule has 17 heavy (non-hydrogen) atoms. The van der Waals surface area contributed by atoms with E-state index in [2.05, 4.69) is 14.2 Å². The highest BCUT2D eigenvalue weighted by molar-refractivity contribution is 7.54. The number of methoxy groups -OCH3 is 3. The average Bonchev–Trinajstić information content (AvgIpc) is 2.26. The molecule has 2 N–H and O–H groups in total. The third kappa shape index (κ3) is 2.66. The summed E-state index contributed by atoms with van der Waals surface area (Å²) in [7, 11) is -2.25. The van der Waals surface area contributed by atoms with Gasteiger partial charge in [0.05, 0.1) is 14.2 Å². The molecule has 0 heterocycles. The fraction of sp³-hybridized carbons (Fsp3) is 0.750. The third-order valence-corrected chi connectivity index (χ3v) is 3.98. The number of ether oxygens (including phenoxy) is 3. The Balaban J connectivity index is 5.76. The first-order valence-corrected chi connectivity index (χ1v) is 6.07. The highest BCUT2D eigenvalue weighted by atomic mass is 31.2. The molecule has 0 aliphatic rings. The lowest BCUT2D eigenvalue weighted by molar-refractivity contribution is -0.171. The van der Waals surface area contributed by atoms with Crippen LogP contribution in [0.15, 0.2) is 0 Å². The molecule has 0 saturated heterocycles. The van der Waals surface area contributed by atoms with Gasteiger partial charge in [-0.15, -0.1) is 0 Å². The molecule has 0 aromatic heterocycles. The Bertz CT molecular complexity index is 347. The molecule has 0 radical (unpaired) electrons. The van der Waals surface area contributed by atoms with E-state index in [0.29, 0.717) is 0 Å². The van der Waals surface area contributed by atoms with Crippen molar-refractivity contribution in [2.24, 2.45) is 5.92 Å². The van der Waals surface area contributed by atoms with Crippen LogP contribution in [-0.2, 0) is 28.4 Å². The van der Waals surface area contributed by atoms with Crippen molar-refractivity contribution in [1.82, 2.24) is 0 Å². The summed E-state index contributed by atoms with van der Waals surface area (Å²) in [5, 5.41) is -2.70.